The van der Waals surface area contributed by atoms with Crippen LogP contribution in [-0.2, 0) is 0 Å². The maximum absolute atomic E-state index is 8.70. The summed E-state index contributed by atoms with van der Waals surface area (Å²) in [5.74, 6) is 3.05. The summed E-state index contributed by atoms with van der Waals surface area (Å²) in [6.07, 6.45) is 9.33. The Morgan fingerprint density at radius 2 is 2.06 bits per heavy atom. The predicted molar refractivity (Wildman–Crippen MR) is 67.3 cm³/mol. The van der Waals surface area contributed by atoms with E-state index in [1.807, 2.05) is 0 Å². The Bertz CT molecular complexity index is 207. The second kappa shape index (κ2) is 6.02. The molecule has 0 saturated heterocycles. The van der Waals surface area contributed by atoms with Crippen molar-refractivity contribution in [2.24, 2.45) is 17.8 Å². The van der Waals surface area contributed by atoms with Crippen molar-refractivity contribution in [3.8, 4) is 0 Å². The molecule has 0 aromatic carbocycles. The van der Waals surface area contributed by atoms with Gasteiger partial charge in [-0.05, 0) is 69.7 Å². The largest absolute Gasteiger partial charge is 0.396 e. The standard InChI is InChI=1S/C14H27NO/c1-11(15-7-3-2-4-8-16)14-10-12-5-6-13(14)9-12/h11-16H,2-10H2,1H3. The van der Waals surface area contributed by atoms with E-state index < -0.39 is 0 Å². The summed E-state index contributed by atoms with van der Waals surface area (Å²) in [4.78, 5) is 0. The third-order valence-corrected chi connectivity index (χ3v) is 4.74. The molecule has 2 bridgehead atoms. The van der Waals surface area contributed by atoms with Crippen LogP contribution in [0.1, 0.15) is 51.9 Å². The molecule has 4 unspecified atom stereocenters. The lowest BCUT2D eigenvalue weighted by Crippen LogP contribution is -2.36. The molecule has 2 aliphatic rings. The zero-order valence-corrected chi connectivity index (χ0v) is 10.6. The first-order valence-corrected chi connectivity index (χ1v) is 7.15. The van der Waals surface area contributed by atoms with Crippen molar-refractivity contribution in [2.45, 2.75) is 57.9 Å². The highest BCUT2D eigenvalue weighted by Gasteiger charge is 2.41. The monoisotopic (exact) mass is 225 g/mol. The lowest BCUT2D eigenvalue weighted by molar-refractivity contribution is 0.256. The van der Waals surface area contributed by atoms with Crippen LogP contribution in [0.5, 0.6) is 0 Å². The van der Waals surface area contributed by atoms with Gasteiger partial charge in [-0.3, -0.25) is 0 Å². The summed E-state index contributed by atoms with van der Waals surface area (Å²) in [6, 6.07) is 0.712. The predicted octanol–water partition coefficient (Wildman–Crippen LogP) is 2.56. The molecule has 2 nitrogen and oxygen atoms in total. The van der Waals surface area contributed by atoms with Crippen LogP contribution in [0.15, 0.2) is 0 Å². The molecule has 0 spiro atoms. The van der Waals surface area contributed by atoms with Crippen LogP contribution in [0, 0.1) is 17.8 Å². The van der Waals surface area contributed by atoms with E-state index in [2.05, 4.69) is 12.2 Å². The molecular formula is C14H27NO. The van der Waals surface area contributed by atoms with Crippen molar-refractivity contribution in [3.05, 3.63) is 0 Å². The van der Waals surface area contributed by atoms with Gasteiger partial charge in [0.25, 0.3) is 0 Å². The number of unbranched alkanes of at least 4 members (excludes halogenated alkanes) is 2. The van der Waals surface area contributed by atoms with Gasteiger partial charge in [0.15, 0.2) is 0 Å². The lowest BCUT2D eigenvalue weighted by Gasteiger charge is -2.28. The van der Waals surface area contributed by atoms with Crippen LogP contribution in [0.3, 0.4) is 0 Å². The van der Waals surface area contributed by atoms with Gasteiger partial charge in [-0.2, -0.15) is 0 Å². The van der Waals surface area contributed by atoms with Crippen LogP contribution in [0.2, 0.25) is 0 Å². The maximum atomic E-state index is 8.70. The average Bonchev–Trinajstić information content (AvgIpc) is 2.90. The fourth-order valence-corrected chi connectivity index (χ4v) is 3.80. The smallest absolute Gasteiger partial charge is 0.0431 e. The summed E-state index contributed by atoms with van der Waals surface area (Å²) < 4.78 is 0. The van der Waals surface area contributed by atoms with E-state index in [1.165, 1.54) is 32.1 Å². The topological polar surface area (TPSA) is 32.3 Å². The highest BCUT2D eigenvalue weighted by Crippen LogP contribution is 2.49. The molecule has 2 aliphatic carbocycles. The van der Waals surface area contributed by atoms with Crippen LogP contribution < -0.4 is 5.32 Å². The Hall–Kier alpha value is -0.0800. The molecule has 0 radical (unpaired) electrons. The number of rotatable bonds is 7. The van der Waals surface area contributed by atoms with E-state index in [0.29, 0.717) is 12.6 Å². The minimum absolute atomic E-state index is 0.349. The van der Waals surface area contributed by atoms with E-state index in [1.54, 1.807) is 0 Å². The molecule has 4 atom stereocenters. The zero-order valence-electron chi connectivity index (χ0n) is 10.6. The molecule has 2 fully saturated rings. The second-order valence-corrected chi connectivity index (χ2v) is 5.87. The van der Waals surface area contributed by atoms with Gasteiger partial charge in [0.05, 0.1) is 0 Å². The Kier molecular flexibility index (Phi) is 4.66. The van der Waals surface area contributed by atoms with Crippen molar-refractivity contribution in [1.29, 1.82) is 0 Å². The number of hydrogen-bond acceptors (Lipinski definition) is 2. The summed E-state index contributed by atoms with van der Waals surface area (Å²) in [5, 5.41) is 12.4. The number of fused-ring (bicyclic) bond motifs is 2. The second-order valence-electron chi connectivity index (χ2n) is 5.87. The third kappa shape index (κ3) is 2.98. The van der Waals surface area contributed by atoms with Crippen LogP contribution in [0.4, 0.5) is 0 Å². The molecule has 0 aromatic heterocycles. The van der Waals surface area contributed by atoms with Gasteiger partial charge in [0.2, 0.25) is 0 Å². The van der Waals surface area contributed by atoms with Crippen LogP contribution >= 0.6 is 0 Å². The average molecular weight is 225 g/mol. The molecule has 16 heavy (non-hydrogen) atoms. The van der Waals surface area contributed by atoms with Gasteiger partial charge in [-0.25, -0.2) is 0 Å². The van der Waals surface area contributed by atoms with Gasteiger partial charge in [-0.15, -0.1) is 0 Å². The number of aliphatic hydroxyl groups is 1. The van der Waals surface area contributed by atoms with Crippen LogP contribution in [-0.4, -0.2) is 24.3 Å². The SMILES string of the molecule is CC(NCCCCCO)C1CC2CCC1C2. The zero-order chi connectivity index (χ0) is 11.4. The summed E-state index contributed by atoms with van der Waals surface area (Å²) in [7, 11) is 0. The molecule has 2 saturated carbocycles. The lowest BCUT2D eigenvalue weighted by atomic mass is 9.84. The quantitative estimate of drug-likeness (QED) is 0.653. The fourth-order valence-electron chi connectivity index (χ4n) is 3.80. The Morgan fingerprint density at radius 1 is 1.19 bits per heavy atom. The minimum atomic E-state index is 0.349. The van der Waals surface area contributed by atoms with E-state index in [0.717, 1.165) is 37.1 Å². The van der Waals surface area contributed by atoms with E-state index in [-0.39, 0.29) is 0 Å². The normalized spacial score (nSPS) is 34.5. The minimum Gasteiger partial charge on any atom is -0.396 e. The van der Waals surface area contributed by atoms with Gasteiger partial charge >= 0.3 is 0 Å². The highest BCUT2D eigenvalue weighted by molar-refractivity contribution is 4.93. The molecule has 94 valence electrons. The van der Waals surface area contributed by atoms with E-state index in [9.17, 15) is 0 Å². The first-order valence-electron chi connectivity index (χ1n) is 7.15. The van der Waals surface area contributed by atoms with E-state index >= 15 is 0 Å². The Labute approximate surface area is 99.8 Å². The summed E-state index contributed by atoms with van der Waals surface area (Å²) in [5.41, 5.74) is 0. The van der Waals surface area contributed by atoms with Crippen molar-refractivity contribution < 1.29 is 5.11 Å². The van der Waals surface area contributed by atoms with Crippen LogP contribution in [0.25, 0.3) is 0 Å². The van der Waals surface area contributed by atoms with Gasteiger partial charge in [-0.1, -0.05) is 6.42 Å². The molecular weight excluding hydrogens is 198 g/mol. The first kappa shape index (κ1) is 12.4. The maximum Gasteiger partial charge on any atom is 0.0431 e. The summed E-state index contributed by atoms with van der Waals surface area (Å²) in [6.45, 7) is 3.86. The molecule has 0 aromatic rings. The Balaban J connectivity index is 1.59. The van der Waals surface area contributed by atoms with Crippen molar-refractivity contribution in [1.82, 2.24) is 5.32 Å². The van der Waals surface area contributed by atoms with Gasteiger partial charge in [0, 0.05) is 12.6 Å². The molecule has 2 rings (SSSR count). The van der Waals surface area contributed by atoms with Crippen molar-refractivity contribution in [3.63, 3.8) is 0 Å². The fraction of sp³-hybridized carbons (Fsp3) is 1.00. The molecule has 2 N–H and O–H groups in total. The van der Waals surface area contributed by atoms with Crippen molar-refractivity contribution in [2.75, 3.05) is 13.2 Å². The number of hydrogen-bond donors (Lipinski definition) is 2. The summed E-state index contributed by atoms with van der Waals surface area (Å²) >= 11 is 0. The number of aliphatic hydroxyl groups excluding tert-OH is 1. The third-order valence-electron chi connectivity index (χ3n) is 4.74. The molecule has 0 amide bonds. The van der Waals surface area contributed by atoms with Gasteiger partial charge in [0.1, 0.15) is 0 Å². The molecule has 0 heterocycles. The van der Waals surface area contributed by atoms with Gasteiger partial charge < -0.3 is 10.4 Å². The highest BCUT2D eigenvalue weighted by atomic mass is 16.2. The number of nitrogens with one attached hydrogen (secondary N) is 1. The first-order chi connectivity index (χ1) is 7.81. The Morgan fingerprint density at radius 3 is 2.69 bits per heavy atom. The van der Waals surface area contributed by atoms with E-state index in [4.69, 9.17) is 5.11 Å². The van der Waals surface area contributed by atoms with Crippen molar-refractivity contribution >= 4 is 0 Å². The molecule has 2 heteroatoms. The molecule has 0 aliphatic heterocycles.